The van der Waals surface area contributed by atoms with E-state index in [2.05, 4.69) is 15.6 Å². The summed E-state index contributed by atoms with van der Waals surface area (Å²) in [6.45, 7) is 3.30. The molecule has 1 unspecified atom stereocenters. The van der Waals surface area contributed by atoms with E-state index >= 15 is 0 Å². The van der Waals surface area contributed by atoms with Gasteiger partial charge in [-0.1, -0.05) is 11.3 Å². The number of aromatic carboxylic acids is 1. The largest absolute Gasteiger partial charge is 0.477 e. The minimum atomic E-state index is -1.00. The zero-order valence-corrected chi connectivity index (χ0v) is 10.0. The van der Waals surface area contributed by atoms with Crippen molar-refractivity contribution in [1.29, 1.82) is 0 Å². The quantitative estimate of drug-likeness (QED) is 0.724. The van der Waals surface area contributed by atoms with Crippen molar-refractivity contribution < 1.29 is 14.7 Å². The topological polar surface area (TPSA) is 91.3 Å². The minimum absolute atomic E-state index is 0.176. The number of hydrogen-bond acceptors (Lipinski definition) is 5. The maximum Gasteiger partial charge on any atom is 0.347 e. The van der Waals surface area contributed by atoms with Gasteiger partial charge in [0.05, 0.1) is 5.69 Å². The third kappa shape index (κ3) is 2.69. The molecule has 1 heterocycles. The number of likely N-dealkylation sites (N-methyl/N-ethyl adjacent to an activating group) is 1. The van der Waals surface area contributed by atoms with Crippen LogP contribution in [0.15, 0.2) is 0 Å². The predicted molar refractivity (Wildman–Crippen MR) is 61.0 cm³/mol. The zero-order valence-electron chi connectivity index (χ0n) is 9.20. The van der Waals surface area contributed by atoms with Gasteiger partial charge in [0.2, 0.25) is 5.91 Å². The molecular weight excluding hydrogens is 230 g/mol. The van der Waals surface area contributed by atoms with E-state index in [1.54, 1.807) is 13.8 Å². The average molecular weight is 243 g/mol. The van der Waals surface area contributed by atoms with E-state index in [1.165, 1.54) is 7.05 Å². The summed E-state index contributed by atoms with van der Waals surface area (Å²) >= 11 is 1.02. The zero-order chi connectivity index (χ0) is 12.3. The van der Waals surface area contributed by atoms with Gasteiger partial charge in [0.15, 0.2) is 5.13 Å². The highest BCUT2D eigenvalue weighted by molar-refractivity contribution is 7.17. The van der Waals surface area contributed by atoms with Crippen LogP contribution in [0.5, 0.6) is 0 Å². The molecule has 0 spiro atoms. The third-order valence-electron chi connectivity index (χ3n) is 1.97. The molecule has 0 aromatic carbocycles. The van der Waals surface area contributed by atoms with Gasteiger partial charge in [0.1, 0.15) is 10.9 Å². The van der Waals surface area contributed by atoms with E-state index in [1.807, 2.05) is 0 Å². The lowest BCUT2D eigenvalue weighted by molar-refractivity contribution is -0.121. The van der Waals surface area contributed by atoms with Crippen LogP contribution < -0.4 is 10.6 Å². The second-order valence-corrected chi connectivity index (χ2v) is 4.22. The Balaban J connectivity index is 2.79. The molecule has 0 bridgehead atoms. The number of aromatic nitrogens is 1. The molecular formula is C9H13N3O3S. The third-order valence-corrected chi connectivity index (χ3v) is 3.05. The monoisotopic (exact) mass is 243 g/mol. The van der Waals surface area contributed by atoms with Crippen LogP contribution in [0.4, 0.5) is 5.13 Å². The summed E-state index contributed by atoms with van der Waals surface area (Å²) in [5.41, 5.74) is 0.448. The van der Waals surface area contributed by atoms with Crippen LogP contribution in [-0.4, -0.2) is 35.1 Å². The van der Waals surface area contributed by atoms with Crippen LogP contribution in [0.2, 0.25) is 0 Å². The summed E-state index contributed by atoms with van der Waals surface area (Å²) in [6, 6.07) is -0.447. The van der Waals surface area contributed by atoms with Crippen molar-refractivity contribution in [2.75, 3.05) is 12.4 Å². The maximum atomic E-state index is 11.2. The molecule has 1 rings (SSSR count). The summed E-state index contributed by atoms with van der Waals surface area (Å²) in [4.78, 5) is 26.2. The Morgan fingerprint density at radius 3 is 2.56 bits per heavy atom. The molecule has 0 radical (unpaired) electrons. The fourth-order valence-corrected chi connectivity index (χ4v) is 2.02. The number of aryl methyl sites for hydroxylation is 1. The molecule has 16 heavy (non-hydrogen) atoms. The Morgan fingerprint density at radius 2 is 2.12 bits per heavy atom. The maximum absolute atomic E-state index is 11.2. The number of hydrogen-bond donors (Lipinski definition) is 3. The fraction of sp³-hybridized carbons (Fsp3) is 0.444. The summed E-state index contributed by atoms with van der Waals surface area (Å²) in [5, 5.41) is 14.6. The predicted octanol–water partition coefficient (Wildman–Crippen LogP) is 0.696. The molecule has 1 aromatic rings. The van der Waals surface area contributed by atoms with E-state index in [0.29, 0.717) is 10.8 Å². The van der Waals surface area contributed by atoms with Crippen molar-refractivity contribution >= 4 is 28.3 Å². The first-order valence-corrected chi connectivity index (χ1v) is 5.46. The molecule has 7 heteroatoms. The van der Waals surface area contributed by atoms with Crippen molar-refractivity contribution in [1.82, 2.24) is 10.3 Å². The van der Waals surface area contributed by atoms with Crippen LogP contribution in [0, 0.1) is 6.92 Å². The Kier molecular flexibility index (Phi) is 3.83. The highest BCUT2D eigenvalue weighted by Gasteiger charge is 2.17. The van der Waals surface area contributed by atoms with E-state index in [9.17, 15) is 9.59 Å². The van der Waals surface area contributed by atoms with E-state index in [4.69, 9.17) is 5.11 Å². The number of nitrogens with one attached hydrogen (secondary N) is 2. The molecule has 0 aliphatic heterocycles. The SMILES string of the molecule is CNC(=O)C(C)Nc1nc(C)c(C(=O)O)s1. The highest BCUT2D eigenvalue weighted by Crippen LogP contribution is 2.22. The summed E-state index contributed by atoms with van der Waals surface area (Å²) in [7, 11) is 1.54. The van der Waals surface area contributed by atoms with Gasteiger partial charge in [-0.15, -0.1) is 0 Å². The Bertz CT molecular complexity index is 416. The van der Waals surface area contributed by atoms with Gasteiger partial charge in [-0.25, -0.2) is 9.78 Å². The molecule has 0 aliphatic carbocycles. The highest BCUT2D eigenvalue weighted by atomic mass is 32.1. The molecule has 0 saturated heterocycles. The number of carbonyl (C=O) groups is 2. The Morgan fingerprint density at radius 1 is 1.50 bits per heavy atom. The van der Waals surface area contributed by atoms with Crippen molar-refractivity contribution in [2.45, 2.75) is 19.9 Å². The molecule has 0 aliphatic rings. The van der Waals surface area contributed by atoms with Gasteiger partial charge in [0.25, 0.3) is 0 Å². The lowest BCUT2D eigenvalue weighted by Gasteiger charge is -2.10. The lowest BCUT2D eigenvalue weighted by Crippen LogP contribution is -2.35. The van der Waals surface area contributed by atoms with Gasteiger partial charge in [-0.3, -0.25) is 4.79 Å². The molecule has 3 N–H and O–H groups in total. The number of amides is 1. The van der Waals surface area contributed by atoms with Crippen molar-refractivity contribution in [3.05, 3.63) is 10.6 Å². The molecule has 0 saturated carbocycles. The molecule has 88 valence electrons. The summed E-state index contributed by atoms with van der Waals surface area (Å²) in [5.74, 6) is -1.18. The smallest absolute Gasteiger partial charge is 0.347 e. The van der Waals surface area contributed by atoms with Crippen LogP contribution >= 0.6 is 11.3 Å². The van der Waals surface area contributed by atoms with Gasteiger partial charge >= 0.3 is 5.97 Å². The van der Waals surface area contributed by atoms with Crippen LogP contribution in [0.1, 0.15) is 22.3 Å². The van der Waals surface area contributed by atoms with Crippen molar-refractivity contribution in [3.63, 3.8) is 0 Å². The normalized spacial score (nSPS) is 11.9. The molecule has 1 atom stereocenters. The number of carboxylic acids is 1. The van der Waals surface area contributed by atoms with E-state index < -0.39 is 12.0 Å². The molecule has 6 nitrogen and oxygen atoms in total. The first-order valence-electron chi connectivity index (χ1n) is 4.64. The standard InChI is InChI=1S/C9H13N3O3S/c1-4-6(8(14)15)16-9(11-4)12-5(2)7(13)10-3/h5H,1-3H3,(H,10,13)(H,11,12)(H,14,15). The molecule has 0 fully saturated rings. The van der Waals surface area contributed by atoms with Gasteiger partial charge < -0.3 is 15.7 Å². The molecule has 1 amide bonds. The van der Waals surface area contributed by atoms with E-state index in [-0.39, 0.29) is 10.8 Å². The number of rotatable bonds is 4. The fourth-order valence-electron chi connectivity index (χ4n) is 1.12. The van der Waals surface area contributed by atoms with Gasteiger partial charge in [-0.2, -0.15) is 0 Å². The minimum Gasteiger partial charge on any atom is -0.477 e. The number of thiazole rings is 1. The number of nitrogens with zero attached hydrogens (tertiary/aromatic N) is 1. The van der Waals surface area contributed by atoms with Gasteiger partial charge in [0, 0.05) is 7.05 Å². The second kappa shape index (κ2) is 4.93. The van der Waals surface area contributed by atoms with E-state index in [0.717, 1.165) is 11.3 Å². The number of carbonyl (C=O) groups excluding carboxylic acids is 1. The van der Waals surface area contributed by atoms with Crippen LogP contribution in [-0.2, 0) is 4.79 Å². The number of anilines is 1. The first-order chi connectivity index (χ1) is 7.45. The van der Waals surface area contributed by atoms with Crippen molar-refractivity contribution in [3.8, 4) is 0 Å². The Hall–Kier alpha value is -1.63. The van der Waals surface area contributed by atoms with Gasteiger partial charge in [-0.05, 0) is 13.8 Å². The number of carboxylic acid groups (broad SMARTS) is 1. The van der Waals surface area contributed by atoms with Crippen LogP contribution in [0.25, 0.3) is 0 Å². The summed E-state index contributed by atoms with van der Waals surface area (Å²) in [6.07, 6.45) is 0. The first kappa shape index (κ1) is 12.4. The summed E-state index contributed by atoms with van der Waals surface area (Å²) < 4.78 is 0. The Labute approximate surface area is 96.7 Å². The molecule has 1 aromatic heterocycles. The van der Waals surface area contributed by atoms with Crippen molar-refractivity contribution in [2.24, 2.45) is 0 Å². The average Bonchev–Trinajstić information content (AvgIpc) is 2.58. The second-order valence-electron chi connectivity index (χ2n) is 3.22. The van der Waals surface area contributed by atoms with Crippen LogP contribution in [0.3, 0.4) is 0 Å². The lowest BCUT2D eigenvalue weighted by atomic mass is 10.3.